The summed E-state index contributed by atoms with van der Waals surface area (Å²) < 4.78 is 13.8. The van der Waals surface area contributed by atoms with Crippen molar-refractivity contribution < 1.29 is 4.39 Å². The lowest BCUT2D eigenvalue weighted by Crippen LogP contribution is -2.33. The second-order valence-electron chi connectivity index (χ2n) is 4.94. The summed E-state index contributed by atoms with van der Waals surface area (Å²) in [5, 5.41) is 6.86. The largest absolute Gasteiger partial charge is 0.289 e. The number of hydrogen-bond donors (Lipinski definition) is 1. The Morgan fingerprint density at radius 2 is 2.21 bits per heavy atom. The minimum Gasteiger partial charge on any atom is -0.289 e. The van der Waals surface area contributed by atoms with Crippen molar-refractivity contribution in [2.75, 3.05) is 6.54 Å². The van der Waals surface area contributed by atoms with Gasteiger partial charge in [-0.15, -0.1) is 0 Å². The summed E-state index contributed by atoms with van der Waals surface area (Å²) in [4.78, 5) is 6.53. The predicted octanol–water partition coefficient (Wildman–Crippen LogP) is 2.67. The van der Waals surface area contributed by atoms with Crippen molar-refractivity contribution in [1.29, 1.82) is 0 Å². The van der Waals surface area contributed by atoms with Gasteiger partial charge in [-0.25, -0.2) is 9.37 Å². The van der Waals surface area contributed by atoms with Crippen LogP contribution in [-0.2, 0) is 6.54 Å². The summed E-state index contributed by atoms with van der Waals surface area (Å²) in [6.07, 6.45) is 4.91. The zero-order valence-electron chi connectivity index (χ0n) is 10.7. The normalized spacial score (nSPS) is 20.6. The van der Waals surface area contributed by atoms with Gasteiger partial charge in [-0.05, 0) is 25.5 Å². The van der Waals surface area contributed by atoms with Crippen LogP contribution in [0.1, 0.15) is 36.7 Å². The summed E-state index contributed by atoms with van der Waals surface area (Å²) in [7, 11) is 0. The van der Waals surface area contributed by atoms with Crippen molar-refractivity contribution in [3.8, 4) is 0 Å². The van der Waals surface area contributed by atoms with Gasteiger partial charge >= 0.3 is 0 Å². The number of aromatic amines is 1. The quantitative estimate of drug-likeness (QED) is 0.922. The molecule has 0 bridgehead atoms. The van der Waals surface area contributed by atoms with Gasteiger partial charge in [0.05, 0.1) is 6.04 Å². The Morgan fingerprint density at radius 1 is 1.32 bits per heavy atom. The number of nitrogens with one attached hydrogen (secondary N) is 1. The van der Waals surface area contributed by atoms with Crippen LogP contribution in [0.3, 0.4) is 0 Å². The number of H-pyrrole nitrogens is 1. The van der Waals surface area contributed by atoms with Gasteiger partial charge < -0.3 is 0 Å². The molecular formula is C14H17FN4. The molecule has 1 aliphatic heterocycles. The molecule has 1 saturated heterocycles. The van der Waals surface area contributed by atoms with Crippen LogP contribution < -0.4 is 0 Å². The molecule has 0 amide bonds. The zero-order valence-corrected chi connectivity index (χ0v) is 10.7. The lowest BCUT2D eigenvalue weighted by Gasteiger charge is -2.34. The van der Waals surface area contributed by atoms with Crippen molar-refractivity contribution in [3.05, 3.63) is 47.8 Å². The van der Waals surface area contributed by atoms with Crippen LogP contribution >= 0.6 is 0 Å². The lowest BCUT2D eigenvalue weighted by atomic mass is 10.0. The molecule has 1 aromatic heterocycles. The maximum Gasteiger partial charge on any atom is 0.141 e. The van der Waals surface area contributed by atoms with Crippen LogP contribution in [0.2, 0.25) is 0 Å². The molecule has 19 heavy (non-hydrogen) atoms. The molecule has 1 aliphatic rings. The van der Waals surface area contributed by atoms with Gasteiger partial charge in [0.1, 0.15) is 18.0 Å². The van der Waals surface area contributed by atoms with Gasteiger partial charge in [-0.1, -0.05) is 24.6 Å². The van der Waals surface area contributed by atoms with E-state index < -0.39 is 0 Å². The highest BCUT2D eigenvalue weighted by molar-refractivity contribution is 5.17. The number of aromatic nitrogens is 3. The molecule has 2 heterocycles. The van der Waals surface area contributed by atoms with E-state index in [2.05, 4.69) is 20.1 Å². The first-order valence-corrected chi connectivity index (χ1v) is 6.67. The Morgan fingerprint density at radius 3 is 3.00 bits per heavy atom. The van der Waals surface area contributed by atoms with Crippen molar-refractivity contribution in [2.45, 2.75) is 31.8 Å². The first-order chi connectivity index (χ1) is 9.34. The van der Waals surface area contributed by atoms with E-state index in [0.29, 0.717) is 6.54 Å². The third kappa shape index (κ3) is 2.66. The fraction of sp³-hybridized carbons (Fsp3) is 0.429. The molecule has 3 rings (SSSR count). The molecule has 5 heteroatoms. The summed E-state index contributed by atoms with van der Waals surface area (Å²) >= 11 is 0. The van der Waals surface area contributed by atoms with Gasteiger partial charge in [0.2, 0.25) is 0 Å². The molecule has 0 radical (unpaired) electrons. The van der Waals surface area contributed by atoms with Crippen molar-refractivity contribution >= 4 is 0 Å². The van der Waals surface area contributed by atoms with Crippen LogP contribution in [0, 0.1) is 5.82 Å². The average Bonchev–Trinajstić information content (AvgIpc) is 2.96. The standard InChI is InChI=1S/C14H17FN4/c15-12-6-2-1-5-11(12)9-19-8-4-3-7-13(19)14-16-10-17-18-14/h1-2,5-6,10,13H,3-4,7-9H2,(H,16,17,18)/t13-/m0/s1. The van der Waals surface area contributed by atoms with Gasteiger partial charge in [0.15, 0.2) is 0 Å². The summed E-state index contributed by atoms with van der Waals surface area (Å²) in [5.41, 5.74) is 0.744. The molecule has 0 aliphatic carbocycles. The molecule has 1 atom stereocenters. The molecule has 2 aromatic rings. The van der Waals surface area contributed by atoms with Crippen LogP contribution in [-0.4, -0.2) is 26.6 Å². The maximum absolute atomic E-state index is 13.8. The monoisotopic (exact) mass is 260 g/mol. The lowest BCUT2D eigenvalue weighted by molar-refractivity contribution is 0.132. The molecular weight excluding hydrogens is 243 g/mol. The Hall–Kier alpha value is -1.75. The molecule has 1 fully saturated rings. The average molecular weight is 260 g/mol. The fourth-order valence-corrected chi connectivity index (χ4v) is 2.71. The van der Waals surface area contributed by atoms with E-state index in [1.807, 2.05) is 12.1 Å². The van der Waals surface area contributed by atoms with Crippen LogP contribution in [0.5, 0.6) is 0 Å². The Kier molecular flexibility index (Phi) is 3.55. The summed E-state index contributed by atoms with van der Waals surface area (Å²) in [5.74, 6) is 0.750. The molecule has 0 unspecified atom stereocenters. The minimum absolute atomic E-state index is 0.135. The summed E-state index contributed by atoms with van der Waals surface area (Å²) in [6.45, 7) is 1.59. The van der Waals surface area contributed by atoms with Crippen LogP contribution in [0.15, 0.2) is 30.6 Å². The second kappa shape index (κ2) is 5.48. The highest BCUT2D eigenvalue weighted by Crippen LogP contribution is 2.30. The van der Waals surface area contributed by atoms with Crippen LogP contribution in [0.25, 0.3) is 0 Å². The van der Waals surface area contributed by atoms with Crippen molar-refractivity contribution in [3.63, 3.8) is 0 Å². The van der Waals surface area contributed by atoms with E-state index in [1.165, 1.54) is 18.8 Å². The third-order valence-corrected chi connectivity index (χ3v) is 3.69. The Balaban J connectivity index is 1.80. The van der Waals surface area contributed by atoms with E-state index in [9.17, 15) is 4.39 Å². The molecule has 1 aromatic carbocycles. The topological polar surface area (TPSA) is 44.8 Å². The first kappa shape index (κ1) is 12.3. The van der Waals surface area contributed by atoms with Gasteiger partial charge in [-0.3, -0.25) is 10.00 Å². The van der Waals surface area contributed by atoms with Crippen LogP contribution in [0.4, 0.5) is 4.39 Å². The minimum atomic E-state index is -0.135. The Labute approximate surface area is 111 Å². The fourth-order valence-electron chi connectivity index (χ4n) is 2.71. The predicted molar refractivity (Wildman–Crippen MR) is 69.8 cm³/mol. The van der Waals surface area contributed by atoms with Gasteiger partial charge in [0.25, 0.3) is 0 Å². The summed E-state index contributed by atoms with van der Waals surface area (Å²) in [6, 6.07) is 7.19. The van der Waals surface area contributed by atoms with Gasteiger partial charge in [-0.2, -0.15) is 5.10 Å². The Bertz CT molecular complexity index is 526. The molecule has 0 spiro atoms. The highest BCUT2D eigenvalue weighted by Gasteiger charge is 2.26. The van der Waals surface area contributed by atoms with Crippen molar-refractivity contribution in [2.24, 2.45) is 0 Å². The zero-order chi connectivity index (χ0) is 13.1. The first-order valence-electron chi connectivity index (χ1n) is 6.67. The molecule has 1 N–H and O–H groups in total. The maximum atomic E-state index is 13.8. The van der Waals surface area contributed by atoms with E-state index >= 15 is 0 Å². The number of likely N-dealkylation sites (tertiary alicyclic amines) is 1. The second-order valence-corrected chi connectivity index (χ2v) is 4.94. The number of hydrogen-bond acceptors (Lipinski definition) is 3. The number of benzene rings is 1. The van der Waals surface area contributed by atoms with Gasteiger partial charge in [0, 0.05) is 12.1 Å². The van der Waals surface area contributed by atoms with E-state index in [1.54, 1.807) is 6.07 Å². The molecule has 0 saturated carbocycles. The highest BCUT2D eigenvalue weighted by atomic mass is 19.1. The number of nitrogens with zero attached hydrogens (tertiary/aromatic N) is 3. The van der Waals surface area contributed by atoms with E-state index in [-0.39, 0.29) is 11.9 Å². The number of rotatable bonds is 3. The van der Waals surface area contributed by atoms with E-state index in [0.717, 1.165) is 30.8 Å². The van der Waals surface area contributed by atoms with E-state index in [4.69, 9.17) is 0 Å². The SMILES string of the molecule is Fc1ccccc1CN1CCCC[C@H]1c1ncn[nH]1. The number of halogens is 1. The smallest absolute Gasteiger partial charge is 0.141 e. The molecule has 100 valence electrons. The van der Waals surface area contributed by atoms with Crippen molar-refractivity contribution in [1.82, 2.24) is 20.1 Å². The molecule has 4 nitrogen and oxygen atoms in total. The third-order valence-electron chi connectivity index (χ3n) is 3.69. The number of piperidine rings is 1.